The molecule has 3 aromatic rings. The number of hydrogen-bond acceptors (Lipinski definition) is 9. The van der Waals surface area contributed by atoms with E-state index in [1.54, 1.807) is 42.7 Å². The summed E-state index contributed by atoms with van der Waals surface area (Å²) < 4.78 is 4.60. The predicted octanol–water partition coefficient (Wildman–Crippen LogP) is -0.590. The first-order valence-electron chi connectivity index (χ1n) is 15.0. The normalized spacial score (nSPS) is 10.9. The number of aromatic nitrogens is 5. The minimum Gasteiger partial charge on any atom is -0.356 e. The van der Waals surface area contributed by atoms with E-state index in [1.807, 2.05) is 7.05 Å². The molecule has 0 bridgehead atoms. The quantitative estimate of drug-likeness (QED) is 0.0979. The van der Waals surface area contributed by atoms with Crippen LogP contribution in [0, 0.1) is 0 Å². The SMILES string of the molecule is CN(CCCN)CCCNC(=O)CCNC(=O)c1nc(NC(=O)CCNC(=O)c2cc(NC(=O)c3nccn3C)cn2C)cn1C. The summed E-state index contributed by atoms with van der Waals surface area (Å²) >= 11 is 0. The fourth-order valence-electron chi connectivity index (χ4n) is 4.46. The Morgan fingerprint density at radius 3 is 2.17 bits per heavy atom. The molecule has 0 saturated heterocycles. The Morgan fingerprint density at radius 1 is 0.783 bits per heavy atom. The molecule has 0 aliphatic carbocycles. The van der Waals surface area contributed by atoms with Gasteiger partial charge in [0.25, 0.3) is 17.7 Å². The Hall–Kier alpha value is -5.03. The number of nitrogens with zero attached hydrogens (tertiary/aromatic N) is 6. The van der Waals surface area contributed by atoms with Gasteiger partial charge in [0.15, 0.2) is 11.6 Å². The van der Waals surface area contributed by atoms with Gasteiger partial charge in [0.05, 0.1) is 5.69 Å². The monoisotopic (exact) mass is 640 g/mol. The van der Waals surface area contributed by atoms with Gasteiger partial charge in [0.2, 0.25) is 17.6 Å². The molecule has 0 unspecified atom stereocenters. The van der Waals surface area contributed by atoms with E-state index >= 15 is 0 Å². The van der Waals surface area contributed by atoms with E-state index < -0.39 is 23.6 Å². The summed E-state index contributed by atoms with van der Waals surface area (Å²) in [7, 11) is 6.99. The fourth-order valence-corrected chi connectivity index (χ4v) is 4.46. The molecule has 3 heterocycles. The number of aryl methyl sites for hydroxylation is 3. The molecule has 0 fully saturated rings. The highest BCUT2D eigenvalue weighted by molar-refractivity contribution is 6.03. The van der Waals surface area contributed by atoms with E-state index in [4.69, 9.17) is 5.73 Å². The largest absolute Gasteiger partial charge is 0.356 e. The molecule has 0 saturated carbocycles. The highest BCUT2D eigenvalue weighted by Crippen LogP contribution is 2.14. The third-order valence-corrected chi connectivity index (χ3v) is 6.92. The highest BCUT2D eigenvalue weighted by Gasteiger charge is 2.18. The van der Waals surface area contributed by atoms with Crippen molar-refractivity contribution in [1.29, 1.82) is 0 Å². The molecule has 0 aliphatic heterocycles. The van der Waals surface area contributed by atoms with Gasteiger partial charge in [-0.25, -0.2) is 9.97 Å². The molecular formula is C29H44N12O5. The summed E-state index contributed by atoms with van der Waals surface area (Å²) in [4.78, 5) is 72.5. The number of anilines is 2. The molecule has 3 aromatic heterocycles. The third kappa shape index (κ3) is 10.8. The van der Waals surface area contributed by atoms with Crippen molar-refractivity contribution >= 4 is 41.0 Å². The molecule has 0 radical (unpaired) electrons. The number of nitrogens with one attached hydrogen (secondary N) is 5. The first kappa shape index (κ1) is 35.4. The number of imidazole rings is 2. The van der Waals surface area contributed by atoms with Crippen molar-refractivity contribution in [3.05, 3.63) is 48.2 Å². The van der Waals surface area contributed by atoms with E-state index in [-0.39, 0.29) is 55.0 Å². The van der Waals surface area contributed by atoms with Crippen LogP contribution in [-0.4, -0.2) is 104 Å². The molecule has 0 aliphatic rings. The predicted molar refractivity (Wildman–Crippen MR) is 171 cm³/mol. The van der Waals surface area contributed by atoms with E-state index in [1.165, 1.54) is 23.0 Å². The van der Waals surface area contributed by atoms with Crippen LogP contribution in [0.2, 0.25) is 0 Å². The highest BCUT2D eigenvalue weighted by atomic mass is 16.2. The van der Waals surface area contributed by atoms with Crippen LogP contribution in [0.4, 0.5) is 11.5 Å². The second kappa shape index (κ2) is 17.5. The van der Waals surface area contributed by atoms with Crippen molar-refractivity contribution in [1.82, 2.24) is 44.5 Å². The van der Waals surface area contributed by atoms with Crippen LogP contribution in [0.15, 0.2) is 30.9 Å². The Kier molecular flexibility index (Phi) is 13.5. The van der Waals surface area contributed by atoms with Gasteiger partial charge >= 0.3 is 0 Å². The van der Waals surface area contributed by atoms with Crippen molar-refractivity contribution in [2.24, 2.45) is 26.9 Å². The van der Waals surface area contributed by atoms with Gasteiger partial charge < -0.3 is 50.9 Å². The number of nitrogens with two attached hydrogens (primary N) is 1. The Morgan fingerprint density at radius 2 is 1.48 bits per heavy atom. The van der Waals surface area contributed by atoms with E-state index in [0.717, 1.165) is 25.9 Å². The number of carbonyl (C=O) groups excluding carboxylic acids is 5. The van der Waals surface area contributed by atoms with Crippen LogP contribution < -0.4 is 32.3 Å². The van der Waals surface area contributed by atoms with Crippen LogP contribution >= 0.6 is 0 Å². The summed E-state index contributed by atoms with van der Waals surface area (Å²) in [6.45, 7) is 3.15. The summed E-state index contributed by atoms with van der Waals surface area (Å²) in [5.74, 6) is -1.43. The molecule has 250 valence electrons. The molecule has 5 amide bonds. The van der Waals surface area contributed by atoms with Gasteiger partial charge in [-0.2, -0.15) is 0 Å². The van der Waals surface area contributed by atoms with Crippen molar-refractivity contribution in [3.8, 4) is 0 Å². The zero-order valence-electron chi connectivity index (χ0n) is 26.8. The molecule has 0 atom stereocenters. The van der Waals surface area contributed by atoms with Gasteiger partial charge in [-0.15, -0.1) is 0 Å². The standard InChI is InChI=1S/C29H44N12O5/c1-38(14-5-9-30)15-6-10-31-23(42)7-11-34-28(45)26-37-22(19-41(26)4)36-24(43)8-12-33-27(44)21-17-20(18-40(21)3)35-29(46)25-32-13-16-39(25)2/h13,16-19H,5-12,14-15,30H2,1-4H3,(H,31,42)(H,33,44)(H,34,45)(H,35,46)(H,36,43). The zero-order valence-corrected chi connectivity index (χ0v) is 26.8. The van der Waals surface area contributed by atoms with Crippen molar-refractivity contribution in [3.63, 3.8) is 0 Å². The van der Waals surface area contributed by atoms with Crippen LogP contribution in [0.1, 0.15) is 57.4 Å². The maximum absolute atomic E-state index is 12.7. The van der Waals surface area contributed by atoms with Crippen LogP contribution in [-0.2, 0) is 30.7 Å². The van der Waals surface area contributed by atoms with Crippen LogP contribution in [0.25, 0.3) is 0 Å². The van der Waals surface area contributed by atoms with Gasteiger partial charge in [0, 0.05) is 78.4 Å². The fraction of sp³-hybridized carbons (Fsp3) is 0.483. The maximum Gasteiger partial charge on any atom is 0.291 e. The van der Waals surface area contributed by atoms with Crippen molar-refractivity contribution in [2.45, 2.75) is 25.7 Å². The van der Waals surface area contributed by atoms with E-state index in [9.17, 15) is 24.0 Å². The first-order chi connectivity index (χ1) is 22.0. The number of rotatable bonds is 18. The summed E-state index contributed by atoms with van der Waals surface area (Å²) in [5, 5.41) is 13.5. The summed E-state index contributed by atoms with van der Waals surface area (Å²) in [5.41, 5.74) is 6.22. The minimum absolute atomic E-state index is 0.0397. The molecule has 3 rings (SSSR count). The lowest BCUT2D eigenvalue weighted by molar-refractivity contribution is -0.121. The Labute approximate surface area is 267 Å². The van der Waals surface area contributed by atoms with Gasteiger partial charge in [0.1, 0.15) is 5.69 Å². The number of hydrogen-bond donors (Lipinski definition) is 6. The van der Waals surface area contributed by atoms with Crippen molar-refractivity contribution < 1.29 is 24.0 Å². The molecular weight excluding hydrogens is 596 g/mol. The zero-order chi connectivity index (χ0) is 33.6. The van der Waals surface area contributed by atoms with Gasteiger partial charge in [-0.1, -0.05) is 0 Å². The van der Waals surface area contributed by atoms with E-state index in [0.29, 0.717) is 18.8 Å². The Balaban J connectivity index is 1.36. The molecule has 17 heteroatoms. The Bertz CT molecular complexity index is 1510. The van der Waals surface area contributed by atoms with Crippen LogP contribution in [0.5, 0.6) is 0 Å². The maximum atomic E-state index is 12.7. The first-order valence-corrected chi connectivity index (χ1v) is 15.0. The molecule has 0 spiro atoms. The topological polar surface area (TPSA) is 215 Å². The second-order valence-corrected chi connectivity index (χ2v) is 10.8. The molecule has 7 N–H and O–H groups in total. The van der Waals surface area contributed by atoms with E-state index in [2.05, 4.69) is 41.5 Å². The number of carbonyl (C=O) groups is 5. The molecule has 46 heavy (non-hydrogen) atoms. The van der Waals surface area contributed by atoms with Gasteiger partial charge in [-0.3, -0.25) is 24.0 Å². The average molecular weight is 641 g/mol. The second-order valence-electron chi connectivity index (χ2n) is 10.8. The smallest absolute Gasteiger partial charge is 0.291 e. The number of amides is 5. The van der Waals surface area contributed by atoms with Crippen LogP contribution in [0.3, 0.4) is 0 Å². The third-order valence-electron chi connectivity index (χ3n) is 6.92. The average Bonchev–Trinajstić information content (AvgIpc) is 3.71. The van der Waals surface area contributed by atoms with Crippen molar-refractivity contribution in [2.75, 3.05) is 56.9 Å². The lowest BCUT2D eigenvalue weighted by Gasteiger charge is -2.15. The lowest BCUT2D eigenvalue weighted by Crippen LogP contribution is -2.33. The molecule has 17 nitrogen and oxygen atoms in total. The van der Waals surface area contributed by atoms with Gasteiger partial charge in [-0.05, 0) is 45.6 Å². The molecule has 0 aromatic carbocycles. The lowest BCUT2D eigenvalue weighted by atomic mass is 10.3. The summed E-state index contributed by atoms with van der Waals surface area (Å²) in [6.07, 6.45) is 8.08. The summed E-state index contributed by atoms with van der Waals surface area (Å²) in [6, 6.07) is 1.52. The minimum atomic E-state index is -0.484.